The van der Waals surface area contributed by atoms with Crippen LogP contribution in [0.1, 0.15) is 11.5 Å². The van der Waals surface area contributed by atoms with Crippen LogP contribution >= 0.6 is 0 Å². The zero-order chi connectivity index (χ0) is 63.0. The van der Waals surface area contributed by atoms with E-state index in [2.05, 4.69) is 354 Å². The van der Waals surface area contributed by atoms with Gasteiger partial charge >= 0.3 is 0 Å². The molecule has 4 aliphatic rings. The summed E-state index contributed by atoms with van der Waals surface area (Å²) in [5, 5.41) is 4.41. The summed E-state index contributed by atoms with van der Waals surface area (Å²) in [6.07, 6.45) is 9.22. The number of allylic oxidation sites excluding steroid dienone is 2. The zero-order valence-electron chi connectivity index (χ0n) is 52.2. The van der Waals surface area contributed by atoms with E-state index in [1.54, 1.807) is 0 Å². The molecule has 448 valence electrons. The molecular weight excluding hydrogens is 1170 g/mol. The van der Waals surface area contributed by atoms with Crippen molar-refractivity contribution < 1.29 is 8.83 Å². The zero-order valence-corrected chi connectivity index (χ0v) is 52.2. The van der Waals surface area contributed by atoms with Crippen LogP contribution in [0.2, 0.25) is 0 Å². The minimum absolute atomic E-state index is 0.0619. The fraction of sp³-hybridized carbons (Fsp3) is 0.0222. The first-order chi connectivity index (χ1) is 47.6. The number of rotatable bonds is 9. The first-order valence-electron chi connectivity index (χ1n) is 33.2. The van der Waals surface area contributed by atoms with Crippen molar-refractivity contribution in [3.8, 4) is 66.8 Å². The molecule has 5 heterocycles. The van der Waals surface area contributed by atoms with Crippen LogP contribution in [-0.2, 0) is 0 Å². The molecule has 0 spiro atoms. The smallest absolute Gasteiger partial charge is 0.252 e. The van der Waals surface area contributed by atoms with Crippen LogP contribution < -0.4 is 31.1 Å². The maximum atomic E-state index is 6.76. The van der Waals surface area contributed by atoms with Crippen molar-refractivity contribution in [3.05, 3.63) is 345 Å². The molecule has 0 fully saturated rings. The molecule has 2 atom stereocenters. The van der Waals surface area contributed by atoms with Crippen LogP contribution in [0.25, 0.3) is 111 Å². The average molecular weight is 1220 g/mol. The Bertz CT molecular complexity index is 5540. The van der Waals surface area contributed by atoms with Crippen LogP contribution in [0, 0.1) is 0 Å². The van der Waals surface area contributed by atoms with Crippen LogP contribution in [0.5, 0.6) is 0 Å². The van der Waals surface area contributed by atoms with Crippen molar-refractivity contribution in [1.29, 1.82) is 0 Å². The molecule has 5 nitrogen and oxygen atoms in total. The number of furan rings is 2. The Hall–Kier alpha value is -12.4. The van der Waals surface area contributed by atoms with Gasteiger partial charge in [0.25, 0.3) is 6.71 Å². The van der Waals surface area contributed by atoms with E-state index in [9.17, 15) is 0 Å². The molecular formula is C90H58BN3O2. The standard InChI is InChI=1S/C90H58BN3O2/c1-5-17-57(18-6-1)61-29-39-69(40-30-61)92-82-51-65(67-33-43-74-76-49-63(59-21-9-3-10-22-59)37-47-86(76)95-88(74)53-67)35-45-78(82)91-79-46-36-66(68-34-44-75-77-50-64(60-23-11-4-12-24-60)38-48-87(77)96-89(75)54-68)52-83(79)93(70-41-31-62(32-42-70)58-19-7-2-8-20-58)85-56-71(55-84(92)90(85)91)94-80-27-15-13-25-72(80)73-26-14-16-28-81(73)94/h1-56,72,80H. The van der Waals surface area contributed by atoms with E-state index in [1.807, 2.05) is 0 Å². The summed E-state index contributed by atoms with van der Waals surface area (Å²) in [5.74, 6) is 0.186. The minimum Gasteiger partial charge on any atom is -0.456 e. The van der Waals surface area contributed by atoms with Gasteiger partial charge in [0.15, 0.2) is 0 Å². The fourth-order valence-corrected chi connectivity index (χ4v) is 16.0. The number of anilines is 8. The summed E-state index contributed by atoms with van der Waals surface area (Å²) < 4.78 is 13.5. The van der Waals surface area contributed by atoms with Crippen LogP contribution in [0.4, 0.5) is 45.5 Å². The first kappa shape index (κ1) is 54.2. The summed E-state index contributed by atoms with van der Waals surface area (Å²) in [5.41, 5.74) is 31.3. The topological polar surface area (TPSA) is 36.0 Å². The van der Waals surface area contributed by atoms with Gasteiger partial charge in [-0.2, -0.15) is 0 Å². The van der Waals surface area contributed by atoms with Crippen LogP contribution in [0.15, 0.2) is 349 Å². The third-order valence-electron chi connectivity index (χ3n) is 20.6. The predicted octanol–water partition coefficient (Wildman–Crippen LogP) is 22.3. The molecule has 2 unspecified atom stereocenters. The van der Waals surface area contributed by atoms with Crippen molar-refractivity contribution in [2.45, 2.75) is 12.0 Å². The molecule has 20 rings (SSSR count). The van der Waals surface area contributed by atoms with Gasteiger partial charge in [-0.1, -0.05) is 237 Å². The van der Waals surface area contributed by atoms with Gasteiger partial charge in [-0.05, 0) is 192 Å². The third-order valence-corrected chi connectivity index (χ3v) is 20.6. The van der Waals surface area contributed by atoms with Crippen molar-refractivity contribution in [2.24, 2.45) is 0 Å². The molecule has 0 radical (unpaired) electrons. The molecule has 0 bridgehead atoms. The first-order valence-corrected chi connectivity index (χ1v) is 33.2. The minimum atomic E-state index is -0.165. The number of hydrogen-bond donors (Lipinski definition) is 0. The van der Waals surface area contributed by atoms with E-state index >= 15 is 0 Å². The second-order valence-corrected chi connectivity index (χ2v) is 25.9. The second-order valence-electron chi connectivity index (χ2n) is 25.9. The number of nitrogens with zero attached hydrogens (tertiary/aromatic N) is 3. The normalized spacial score (nSPS) is 14.9. The van der Waals surface area contributed by atoms with Gasteiger partial charge < -0.3 is 23.5 Å². The van der Waals surface area contributed by atoms with Gasteiger partial charge in [0.2, 0.25) is 0 Å². The monoisotopic (exact) mass is 1220 g/mol. The van der Waals surface area contributed by atoms with Crippen LogP contribution in [-0.4, -0.2) is 12.8 Å². The lowest BCUT2D eigenvalue weighted by atomic mass is 9.33. The molecule has 0 amide bonds. The Labute approximate surface area is 556 Å². The highest BCUT2D eigenvalue weighted by molar-refractivity contribution is 7.00. The quantitative estimate of drug-likeness (QED) is 0.135. The maximum absolute atomic E-state index is 6.76. The lowest BCUT2D eigenvalue weighted by molar-refractivity contribution is 0.668. The lowest BCUT2D eigenvalue weighted by Gasteiger charge is -2.45. The summed E-state index contributed by atoms with van der Waals surface area (Å²) in [6.45, 7) is -0.165. The summed E-state index contributed by atoms with van der Waals surface area (Å²) in [7, 11) is 0. The third kappa shape index (κ3) is 8.65. The fourth-order valence-electron chi connectivity index (χ4n) is 16.0. The van der Waals surface area contributed by atoms with Gasteiger partial charge in [-0.3, -0.25) is 0 Å². The molecule has 14 aromatic carbocycles. The SMILES string of the molecule is C1=CC2c3ccccc3N(c3cc4c5c(c3)N(c3ccc(-c6ccccc6)cc3)c3cc(-c6ccc7c(c6)oc6ccc(-c8ccccc8)cc67)ccc3B5c3ccc(-c5ccc6c(c5)oc5ccc(-c7ccccc7)cc56)cc3N4c3ccc(-c4ccccc4)cc3)C2C=C1. The summed E-state index contributed by atoms with van der Waals surface area (Å²) >= 11 is 0. The lowest BCUT2D eigenvalue weighted by Crippen LogP contribution is -2.61. The molecule has 0 saturated heterocycles. The summed E-state index contributed by atoms with van der Waals surface area (Å²) in [4.78, 5) is 7.73. The van der Waals surface area contributed by atoms with Crippen molar-refractivity contribution >= 4 is 112 Å². The second kappa shape index (κ2) is 21.6. The van der Waals surface area contributed by atoms with Gasteiger partial charge in [-0.25, -0.2) is 0 Å². The van der Waals surface area contributed by atoms with Crippen LogP contribution in [0.3, 0.4) is 0 Å². The van der Waals surface area contributed by atoms with Crippen molar-refractivity contribution in [1.82, 2.24) is 0 Å². The Morgan fingerprint density at radius 3 is 1.14 bits per heavy atom. The number of para-hydroxylation sites is 1. The highest BCUT2D eigenvalue weighted by Crippen LogP contribution is 2.53. The number of hydrogen-bond acceptors (Lipinski definition) is 5. The molecule has 3 aliphatic heterocycles. The Morgan fingerprint density at radius 1 is 0.260 bits per heavy atom. The predicted molar refractivity (Wildman–Crippen MR) is 401 cm³/mol. The highest BCUT2D eigenvalue weighted by atomic mass is 16.3. The molecule has 0 saturated carbocycles. The largest absolute Gasteiger partial charge is 0.456 e. The Balaban J connectivity index is 0.819. The van der Waals surface area contributed by atoms with E-state index in [-0.39, 0.29) is 18.7 Å². The Kier molecular flexibility index (Phi) is 12.2. The molecule has 2 aromatic heterocycles. The van der Waals surface area contributed by atoms with Gasteiger partial charge in [0.1, 0.15) is 22.3 Å². The molecule has 6 heteroatoms. The highest BCUT2D eigenvalue weighted by Gasteiger charge is 2.46. The molecule has 0 N–H and O–H groups in total. The van der Waals surface area contributed by atoms with E-state index < -0.39 is 0 Å². The maximum Gasteiger partial charge on any atom is 0.252 e. The molecule has 96 heavy (non-hydrogen) atoms. The average Bonchev–Trinajstić information content (AvgIpc) is 0.711. The van der Waals surface area contributed by atoms with E-state index in [0.717, 1.165) is 117 Å². The molecule has 16 aromatic rings. The van der Waals surface area contributed by atoms with Gasteiger partial charge in [0.05, 0.1) is 6.04 Å². The van der Waals surface area contributed by atoms with Crippen molar-refractivity contribution in [3.63, 3.8) is 0 Å². The van der Waals surface area contributed by atoms with E-state index in [0.29, 0.717) is 0 Å². The van der Waals surface area contributed by atoms with E-state index in [4.69, 9.17) is 8.83 Å². The van der Waals surface area contributed by atoms with Gasteiger partial charge in [-0.15, -0.1) is 0 Å². The summed E-state index contributed by atoms with van der Waals surface area (Å²) in [6, 6.07) is 116. The molecule has 1 aliphatic carbocycles. The van der Waals surface area contributed by atoms with Gasteiger partial charge in [0, 0.05) is 73.0 Å². The van der Waals surface area contributed by atoms with E-state index in [1.165, 1.54) is 61.0 Å². The Morgan fingerprint density at radius 2 is 0.646 bits per heavy atom. The number of benzene rings is 14. The number of fused-ring (bicyclic) bond motifs is 13. The van der Waals surface area contributed by atoms with Crippen molar-refractivity contribution in [2.75, 3.05) is 14.7 Å².